The van der Waals surface area contributed by atoms with Crippen LogP contribution >= 0.6 is 0 Å². The molecule has 84 valence electrons. The summed E-state index contributed by atoms with van der Waals surface area (Å²) in [6.07, 6.45) is 3.15. The first-order valence-electron chi connectivity index (χ1n) is 5.56. The Hall–Kier alpha value is -0.570. The van der Waals surface area contributed by atoms with E-state index in [2.05, 4.69) is 19.2 Å². The van der Waals surface area contributed by atoms with Crippen LogP contribution in [0.15, 0.2) is 0 Å². The maximum absolute atomic E-state index is 11.9. The molecular weight excluding hydrogens is 176 g/mol. The predicted molar refractivity (Wildman–Crippen MR) is 60.3 cm³/mol. The van der Waals surface area contributed by atoms with Crippen LogP contribution in [0.5, 0.6) is 0 Å². The molecule has 0 aromatic rings. The predicted octanol–water partition coefficient (Wildman–Crippen LogP) is 1.49. The van der Waals surface area contributed by atoms with Gasteiger partial charge in [-0.3, -0.25) is 4.79 Å². The second-order valence-electron chi connectivity index (χ2n) is 3.78. The van der Waals surface area contributed by atoms with Crippen molar-refractivity contribution in [2.24, 2.45) is 5.92 Å². The number of carbonyl (C=O) groups is 1. The molecule has 1 atom stereocenters. The van der Waals surface area contributed by atoms with Crippen molar-refractivity contribution in [3.8, 4) is 0 Å². The van der Waals surface area contributed by atoms with Crippen molar-refractivity contribution in [2.75, 3.05) is 27.2 Å². The number of carbonyl (C=O) groups excluding carboxylic acids is 1. The maximum Gasteiger partial charge on any atom is 0.226 e. The Morgan fingerprint density at radius 1 is 1.43 bits per heavy atom. The highest BCUT2D eigenvalue weighted by Gasteiger charge is 2.18. The van der Waals surface area contributed by atoms with Gasteiger partial charge in [0.25, 0.3) is 0 Å². The molecular formula is C11H24N2O. The molecule has 0 bridgehead atoms. The topological polar surface area (TPSA) is 32.3 Å². The molecule has 0 rings (SSSR count). The number of rotatable bonds is 7. The van der Waals surface area contributed by atoms with E-state index in [4.69, 9.17) is 0 Å². The number of hydrogen-bond donors (Lipinski definition) is 1. The maximum atomic E-state index is 11.9. The van der Waals surface area contributed by atoms with Gasteiger partial charge in [-0.05, 0) is 19.9 Å². The molecule has 0 saturated heterocycles. The molecule has 3 nitrogen and oxygen atoms in total. The Morgan fingerprint density at radius 3 is 2.50 bits per heavy atom. The highest BCUT2D eigenvalue weighted by atomic mass is 16.2. The fourth-order valence-electron chi connectivity index (χ4n) is 1.47. The van der Waals surface area contributed by atoms with Crippen LogP contribution in [0.3, 0.4) is 0 Å². The third-order valence-electron chi connectivity index (χ3n) is 2.52. The second kappa shape index (κ2) is 7.80. The van der Waals surface area contributed by atoms with E-state index in [1.54, 1.807) is 0 Å². The van der Waals surface area contributed by atoms with E-state index >= 15 is 0 Å². The first kappa shape index (κ1) is 13.4. The van der Waals surface area contributed by atoms with Crippen LogP contribution in [-0.4, -0.2) is 38.0 Å². The van der Waals surface area contributed by atoms with E-state index in [1.807, 2.05) is 19.0 Å². The molecule has 0 aliphatic rings. The van der Waals surface area contributed by atoms with Crippen LogP contribution in [0, 0.1) is 5.92 Å². The van der Waals surface area contributed by atoms with Gasteiger partial charge < -0.3 is 10.2 Å². The first-order valence-corrected chi connectivity index (χ1v) is 5.56. The monoisotopic (exact) mass is 200 g/mol. The van der Waals surface area contributed by atoms with Crippen molar-refractivity contribution >= 4 is 5.91 Å². The minimum absolute atomic E-state index is 0.141. The van der Waals surface area contributed by atoms with E-state index in [-0.39, 0.29) is 11.8 Å². The zero-order chi connectivity index (χ0) is 11.0. The highest BCUT2D eigenvalue weighted by Crippen LogP contribution is 2.06. The molecule has 1 amide bonds. The van der Waals surface area contributed by atoms with Crippen molar-refractivity contribution in [2.45, 2.75) is 33.1 Å². The minimum atomic E-state index is 0.141. The molecule has 0 aliphatic heterocycles. The van der Waals surface area contributed by atoms with Crippen molar-refractivity contribution in [1.29, 1.82) is 0 Å². The summed E-state index contributed by atoms with van der Waals surface area (Å²) in [4.78, 5) is 13.7. The summed E-state index contributed by atoms with van der Waals surface area (Å²) in [5.74, 6) is 0.414. The van der Waals surface area contributed by atoms with Crippen LogP contribution in [0.2, 0.25) is 0 Å². The lowest BCUT2D eigenvalue weighted by atomic mass is 10.1. The van der Waals surface area contributed by atoms with Crippen LogP contribution in [0.25, 0.3) is 0 Å². The fraction of sp³-hybridized carbons (Fsp3) is 0.909. The number of nitrogens with one attached hydrogen (secondary N) is 1. The minimum Gasteiger partial charge on any atom is -0.345 e. The van der Waals surface area contributed by atoms with Crippen molar-refractivity contribution in [1.82, 2.24) is 10.2 Å². The van der Waals surface area contributed by atoms with Gasteiger partial charge in [0.2, 0.25) is 5.91 Å². The zero-order valence-electron chi connectivity index (χ0n) is 9.97. The van der Waals surface area contributed by atoms with E-state index in [9.17, 15) is 4.79 Å². The van der Waals surface area contributed by atoms with Gasteiger partial charge in [-0.1, -0.05) is 20.3 Å². The van der Waals surface area contributed by atoms with Crippen LogP contribution in [0.1, 0.15) is 33.1 Å². The molecule has 0 saturated carbocycles. The molecule has 0 heterocycles. The van der Waals surface area contributed by atoms with Gasteiger partial charge in [0, 0.05) is 20.1 Å². The average Bonchev–Trinajstić information content (AvgIpc) is 2.21. The van der Waals surface area contributed by atoms with E-state index in [0.29, 0.717) is 0 Å². The highest BCUT2D eigenvalue weighted by molar-refractivity contribution is 5.78. The molecule has 1 N–H and O–H groups in total. The average molecular weight is 200 g/mol. The molecule has 0 aromatic carbocycles. The van der Waals surface area contributed by atoms with Gasteiger partial charge in [-0.15, -0.1) is 0 Å². The van der Waals surface area contributed by atoms with Crippen molar-refractivity contribution in [3.63, 3.8) is 0 Å². The number of unbranched alkanes of at least 4 members (excludes halogenated alkanes) is 1. The Balaban J connectivity index is 3.99. The van der Waals surface area contributed by atoms with Crippen molar-refractivity contribution in [3.05, 3.63) is 0 Å². The lowest BCUT2D eigenvalue weighted by Gasteiger charge is -2.22. The Labute approximate surface area is 87.9 Å². The Morgan fingerprint density at radius 2 is 2.07 bits per heavy atom. The number of hydrogen-bond acceptors (Lipinski definition) is 2. The third kappa shape index (κ3) is 4.61. The van der Waals surface area contributed by atoms with Gasteiger partial charge in [0.05, 0.1) is 5.92 Å². The molecule has 3 heteroatoms. The summed E-state index contributed by atoms with van der Waals surface area (Å²) in [5.41, 5.74) is 0. The van der Waals surface area contributed by atoms with Gasteiger partial charge >= 0.3 is 0 Å². The summed E-state index contributed by atoms with van der Waals surface area (Å²) in [7, 11) is 3.79. The second-order valence-corrected chi connectivity index (χ2v) is 3.78. The molecule has 14 heavy (non-hydrogen) atoms. The molecule has 1 unspecified atom stereocenters. The smallest absolute Gasteiger partial charge is 0.226 e. The lowest BCUT2D eigenvalue weighted by molar-refractivity contribution is -0.134. The van der Waals surface area contributed by atoms with Crippen LogP contribution in [-0.2, 0) is 4.79 Å². The summed E-state index contributed by atoms with van der Waals surface area (Å²) in [5, 5.41) is 3.06. The summed E-state index contributed by atoms with van der Waals surface area (Å²) >= 11 is 0. The first-order chi connectivity index (χ1) is 6.67. The molecule has 0 aromatic heterocycles. The molecule has 0 fully saturated rings. The van der Waals surface area contributed by atoms with Gasteiger partial charge in [0.1, 0.15) is 0 Å². The molecule has 0 aliphatic carbocycles. The van der Waals surface area contributed by atoms with E-state index in [1.165, 1.54) is 0 Å². The summed E-state index contributed by atoms with van der Waals surface area (Å²) in [6.45, 7) is 5.87. The van der Waals surface area contributed by atoms with Crippen molar-refractivity contribution < 1.29 is 4.79 Å². The van der Waals surface area contributed by atoms with E-state index < -0.39 is 0 Å². The summed E-state index contributed by atoms with van der Waals surface area (Å²) in [6, 6.07) is 0. The fourth-order valence-corrected chi connectivity index (χ4v) is 1.47. The van der Waals surface area contributed by atoms with Crippen LogP contribution < -0.4 is 5.32 Å². The Kier molecular flexibility index (Phi) is 7.48. The zero-order valence-corrected chi connectivity index (χ0v) is 9.97. The van der Waals surface area contributed by atoms with Gasteiger partial charge in [0.15, 0.2) is 0 Å². The largest absolute Gasteiger partial charge is 0.345 e. The van der Waals surface area contributed by atoms with Gasteiger partial charge in [-0.25, -0.2) is 0 Å². The Bertz CT molecular complexity index is 159. The molecule has 0 spiro atoms. The third-order valence-corrected chi connectivity index (χ3v) is 2.52. The summed E-state index contributed by atoms with van der Waals surface area (Å²) < 4.78 is 0. The lowest BCUT2D eigenvalue weighted by Crippen LogP contribution is -2.37. The van der Waals surface area contributed by atoms with Gasteiger partial charge in [-0.2, -0.15) is 0 Å². The molecule has 0 radical (unpaired) electrons. The standard InChI is InChI=1S/C11H24N2O/c1-5-7-8-13(4)11(14)10(6-2)9-12-3/h10,12H,5-9H2,1-4H3. The number of nitrogens with zero attached hydrogens (tertiary/aromatic N) is 1. The normalized spacial score (nSPS) is 12.6. The SMILES string of the molecule is CCCCN(C)C(=O)C(CC)CNC. The number of amides is 1. The quantitative estimate of drug-likeness (QED) is 0.675. The van der Waals surface area contributed by atoms with E-state index in [0.717, 1.165) is 32.4 Å². The van der Waals surface area contributed by atoms with Crippen LogP contribution in [0.4, 0.5) is 0 Å².